The summed E-state index contributed by atoms with van der Waals surface area (Å²) in [4.78, 5) is 5.09. The van der Waals surface area contributed by atoms with Crippen LogP contribution in [0.25, 0.3) is 0 Å². The molecule has 0 bridgehead atoms. The van der Waals surface area contributed by atoms with E-state index in [0.29, 0.717) is 5.54 Å². The van der Waals surface area contributed by atoms with Crippen molar-refractivity contribution in [2.75, 3.05) is 27.2 Å². The largest absolute Gasteiger partial charge is 0.306 e. The molecular formula is C13H26N2. The first kappa shape index (κ1) is 11.4. The Bertz CT molecular complexity index is 215. The van der Waals surface area contributed by atoms with E-state index in [1.807, 2.05) is 0 Å². The van der Waals surface area contributed by atoms with Crippen molar-refractivity contribution in [3.8, 4) is 0 Å². The normalized spacial score (nSPS) is 37.6. The molecule has 15 heavy (non-hydrogen) atoms. The first-order chi connectivity index (χ1) is 6.88. The van der Waals surface area contributed by atoms with Gasteiger partial charge in [0, 0.05) is 24.7 Å². The Morgan fingerprint density at radius 1 is 1.00 bits per heavy atom. The van der Waals surface area contributed by atoms with Gasteiger partial charge in [0.2, 0.25) is 0 Å². The van der Waals surface area contributed by atoms with Gasteiger partial charge in [0.05, 0.1) is 0 Å². The van der Waals surface area contributed by atoms with Gasteiger partial charge >= 0.3 is 0 Å². The first-order valence-electron chi connectivity index (χ1n) is 6.29. The highest BCUT2D eigenvalue weighted by atomic mass is 15.2. The first-order valence-corrected chi connectivity index (χ1v) is 6.29. The zero-order chi connectivity index (χ0) is 11.2. The average molecular weight is 210 g/mol. The van der Waals surface area contributed by atoms with Crippen LogP contribution in [0.5, 0.6) is 0 Å². The highest BCUT2D eigenvalue weighted by Gasteiger charge is 2.43. The summed E-state index contributed by atoms with van der Waals surface area (Å²) >= 11 is 0. The second-order valence-electron chi connectivity index (χ2n) is 6.68. The molecule has 1 saturated heterocycles. The lowest BCUT2D eigenvalue weighted by atomic mass is 10.0. The lowest BCUT2D eigenvalue weighted by Gasteiger charge is -2.33. The molecule has 0 aromatic rings. The summed E-state index contributed by atoms with van der Waals surface area (Å²) in [5, 5.41) is 0. The molecule has 2 rings (SSSR count). The van der Waals surface area contributed by atoms with Gasteiger partial charge in [0.15, 0.2) is 0 Å². The molecule has 0 aromatic heterocycles. The van der Waals surface area contributed by atoms with E-state index in [-0.39, 0.29) is 0 Å². The van der Waals surface area contributed by atoms with Crippen LogP contribution in [0.3, 0.4) is 0 Å². The second-order valence-corrected chi connectivity index (χ2v) is 6.68. The summed E-state index contributed by atoms with van der Waals surface area (Å²) in [6.45, 7) is 9.70. The minimum Gasteiger partial charge on any atom is -0.306 e. The summed E-state index contributed by atoms with van der Waals surface area (Å²) in [5.41, 5.74) is 0.373. The van der Waals surface area contributed by atoms with Gasteiger partial charge in [-0.25, -0.2) is 0 Å². The lowest BCUT2D eigenvalue weighted by molar-refractivity contribution is 0.152. The van der Waals surface area contributed by atoms with Crippen molar-refractivity contribution in [3.05, 3.63) is 0 Å². The van der Waals surface area contributed by atoms with Gasteiger partial charge in [-0.1, -0.05) is 0 Å². The van der Waals surface area contributed by atoms with Crippen molar-refractivity contribution in [2.45, 2.75) is 45.2 Å². The third kappa shape index (κ3) is 2.21. The van der Waals surface area contributed by atoms with Crippen LogP contribution in [-0.4, -0.2) is 48.6 Å². The minimum absolute atomic E-state index is 0.373. The highest BCUT2D eigenvalue weighted by Crippen LogP contribution is 2.41. The molecule has 1 aliphatic heterocycles. The SMILES string of the molecule is CN(C)C1C[C@@H]2CN(C(C)(C)C)C[C@@H]2C1. The molecular weight excluding hydrogens is 184 g/mol. The predicted molar refractivity (Wildman–Crippen MR) is 65.0 cm³/mol. The van der Waals surface area contributed by atoms with Gasteiger partial charge in [-0.2, -0.15) is 0 Å². The Balaban J connectivity index is 1.94. The number of fused-ring (bicyclic) bond motifs is 1. The minimum atomic E-state index is 0.373. The molecule has 88 valence electrons. The molecule has 2 nitrogen and oxygen atoms in total. The van der Waals surface area contributed by atoms with Crippen LogP contribution < -0.4 is 0 Å². The third-order valence-corrected chi connectivity index (χ3v) is 4.41. The molecule has 0 aromatic carbocycles. The molecule has 0 spiro atoms. The van der Waals surface area contributed by atoms with Gasteiger partial charge in [-0.15, -0.1) is 0 Å². The van der Waals surface area contributed by atoms with Gasteiger partial charge in [0.1, 0.15) is 0 Å². The van der Waals surface area contributed by atoms with Crippen molar-refractivity contribution in [1.29, 1.82) is 0 Å². The predicted octanol–water partition coefficient (Wildman–Crippen LogP) is 2.06. The standard InChI is InChI=1S/C13H26N2/c1-13(2,3)15-8-10-6-12(14(4)5)7-11(10)9-15/h10-12H,6-9H2,1-5H3/t10-,11+,12?. The molecule has 2 fully saturated rings. The molecule has 2 aliphatic rings. The van der Waals surface area contributed by atoms with Crippen LogP contribution in [0.4, 0.5) is 0 Å². The molecule has 2 heteroatoms. The van der Waals surface area contributed by atoms with Gasteiger partial charge in [0.25, 0.3) is 0 Å². The van der Waals surface area contributed by atoms with E-state index in [9.17, 15) is 0 Å². The number of hydrogen-bond acceptors (Lipinski definition) is 2. The third-order valence-electron chi connectivity index (χ3n) is 4.41. The molecule has 0 radical (unpaired) electrons. The smallest absolute Gasteiger partial charge is 0.0125 e. The van der Waals surface area contributed by atoms with Crippen LogP contribution in [0, 0.1) is 11.8 Å². The van der Waals surface area contributed by atoms with Crippen molar-refractivity contribution in [3.63, 3.8) is 0 Å². The number of hydrogen-bond donors (Lipinski definition) is 0. The fourth-order valence-electron chi connectivity index (χ4n) is 3.24. The number of nitrogens with zero attached hydrogens (tertiary/aromatic N) is 2. The molecule has 1 unspecified atom stereocenters. The molecule has 3 atom stereocenters. The summed E-state index contributed by atoms with van der Waals surface area (Å²) < 4.78 is 0. The van der Waals surface area contributed by atoms with Crippen molar-refractivity contribution in [2.24, 2.45) is 11.8 Å². The summed E-state index contributed by atoms with van der Waals surface area (Å²) in [6.07, 6.45) is 2.84. The monoisotopic (exact) mass is 210 g/mol. The fraction of sp³-hybridized carbons (Fsp3) is 1.00. The van der Waals surface area contributed by atoms with Crippen molar-refractivity contribution < 1.29 is 0 Å². The van der Waals surface area contributed by atoms with Crippen LogP contribution in [-0.2, 0) is 0 Å². The van der Waals surface area contributed by atoms with Gasteiger partial charge in [-0.05, 0) is 59.5 Å². The quantitative estimate of drug-likeness (QED) is 0.653. The highest BCUT2D eigenvalue weighted by molar-refractivity contribution is 4.97. The maximum atomic E-state index is 2.67. The van der Waals surface area contributed by atoms with E-state index in [0.717, 1.165) is 17.9 Å². The van der Waals surface area contributed by atoms with Gasteiger partial charge < -0.3 is 4.90 Å². The van der Waals surface area contributed by atoms with E-state index in [4.69, 9.17) is 0 Å². The Kier molecular flexibility index (Phi) is 2.85. The molecule has 0 amide bonds. The topological polar surface area (TPSA) is 6.48 Å². The van der Waals surface area contributed by atoms with Crippen LogP contribution in [0.15, 0.2) is 0 Å². The molecule has 1 heterocycles. The van der Waals surface area contributed by atoms with Crippen molar-refractivity contribution >= 4 is 0 Å². The number of likely N-dealkylation sites (tertiary alicyclic amines) is 1. The van der Waals surface area contributed by atoms with Crippen LogP contribution in [0.1, 0.15) is 33.6 Å². The van der Waals surface area contributed by atoms with Crippen LogP contribution in [0.2, 0.25) is 0 Å². The summed E-state index contributed by atoms with van der Waals surface area (Å²) in [7, 11) is 4.46. The average Bonchev–Trinajstić information content (AvgIpc) is 2.55. The zero-order valence-electron chi connectivity index (χ0n) is 11.0. The Hall–Kier alpha value is -0.0800. The van der Waals surface area contributed by atoms with E-state index >= 15 is 0 Å². The van der Waals surface area contributed by atoms with E-state index < -0.39 is 0 Å². The lowest BCUT2D eigenvalue weighted by Crippen LogP contribution is -2.41. The van der Waals surface area contributed by atoms with E-state index in [2.05, 4.69) is 44.7 Å². The summed E-state index contributed by atoms with van der Waals surface area (Å²) in [6, 6.07) is 0.849. The zero-order valence-corrected chi connectivity index (χ0v) is 11.0. The maximum absolute atomic E-state index is 2.67. The Labute approximate surface area is 94.6 Å². The number of rotatable bonds is 1. The Morgan fingerprint density at radius 3 is 1.80 bits per heavy atom. The fourth-order valence-corrected chi connectivity index (χ4v) is 3.24. The van der Waals surface area contributed by atoms with Gasteiger partial charge in [-0.3, -0.25) is 4.90 Å². The molecule has 0 N–H and O–H groups in total. The summed E-state index contributed by atoms with van der Waals surface area (Å²) in [5.74, 6) is 1.94. The van der Waals surface area contributed by atoms with E-state index in [1.54, 1.807) is 0 Å². The molecule has 1 aliphatic carbocycles. The molecule has 1 saturated carbocycles. The maximum Gasteiger partial charge on any atom is 0.0125 e. The van der Waals surface area contributed by atoms with E-state index in [1.165, 1.54) is 25.9 Å². The van der Waals surface area contributed by atoms with Crippen LogP contribution >= 0.6 is 0 Å². The second kappa shape index (κ2) is 3.74. The Morgan fingerprint density at radius 2 is 1.47 bits per heavy atom. The van der Waals surface area contributed by atoms with Crippen molar-refractivity contribution in [1.82, 2.24) is 9.80 Å².